The Kier molecular flexibility index (Phi) is 3.66. The molecule has 0 saturated carbocycles. The van der Waals surface area contributed by atoms with E-state index in [1.165, 1.54) is 6.33 Å². The van der Waals surface area contributed by atoms with Crippen LogP contribution in [0.15, 0.2) is 18.6 Å². The van der Waals surface area contributed by atoms with Crippen LogP contribution >= 0.6 is 0 Å². The average Bonchev–Trinajstić information content (AvgIpc) is 3.02. The third-order valence-corrected chi connectivity index (χ3v) is 4.06. The first-order valence-electron chi connectivity index (χ1n) is 7.02. The van der Waals surface area contributed by atoms with Gasteiger partial charge < -0.3 is 24.6 Å². The van der Waals surface area contributed by atoms with E-state index in [4.69, 9.17) is 4.74 Å². The van der Waals surface area contributed by atoms with Crippen LogP contribution < -0.4 is 0 Å². The molecule has 5 atom stereocenters. The van der Waals surface area contributed by atoms with Gasteiger partial charge in [0.25, 0.3) is 0 Å². The Balaban J connectivity index is 1.98. The molecule has 1 fully saturated rings. The van der Waals surface area contributed by atoms with E-state index >= 15 is 0 Å². The van der Waals surface area contributed by atoms with Crippen molar-refractivity contribution in [3.8, 4) is 0 Å². The number of aliphatic hydroxyl groups is 3. The van der Waals surface area contributed by atoms with Crippen molar-refractivity contribution in [1.82, 2.24) is 14.5 Å². The Hall–Kier alpha value is -1.54. The SMILES string of the molecule is CCC(O)C1OC(n2ccc3c(C)ncnc32)C(O)C1O. The summed E-state index contributed by atoms with van der Waals surface area (Å²) in [5.41, 5.74) is 1.46. The highest BCUT2D eigenvalue weighted by Crippen LogP contribution is 2.34. The summed E-state index contributed by atoms with van der Waals surface area (Å²) in [6.07, 6.45) is -1.04. The summed E-state index contributed by atoms with van der Waals surface area (Å²) < 4.78 is 7.35. The van der Waals surface area contributed by atoms with E-state index in [9.17, 15) is 15.3 Å². The highest BCUT2D eigenvalue weighted by atomic mass is 16.6. The number of hydrogen-bond donors (Lipinski definition) is 3. The molecule has 1 saturated heterocycles. The van der Waals surface area contributed by atoms with Gasteiger partial charge in [-0.15, -0.1) is 0 Å². The maximum atomic E-state index is 10.2. The van der Waals surface area contributed by atoms with E-state index < -0.39 is 30.6 Å². The third kappa shape index (κ3) is 2.22. The second-order valence-electron chi connectivity index (χ2n) is 5.37. The standard InChI is InChI=1S/C14H19N3O4/c1-3-9(18)12-10(19)11(20)14(21-12)17-5-4-8-7(2)15-6-16-13(8)17/h4-6,9-12,14,18-20H,3H2,1-2H3. The smallest absolute Gasteiger partial charge is 0.164 e. The Labute approximate surface area is 121 Å². The lowest BCUT2D eigenvalue weighted by atomic mass is 10.0. The first-order chi connectivity index (χ1) is 10.0. The molecule has 7 nitrogen and oxygen atoms in total. The Morgan fingerprint density at radius 3 is 2.81 bits per heavy atom. The number of aryl methyl sites for hydroxylation is 1. The molecule has 0 aliphatic carbocycles. The van der Waals surface area contributed by atoms with Crippen LogP contribution in [-0.4, -0.2) is 54.3 Å². The number of hydrogen-bond acceptors (Lipinski definition) is 6. The summed E-state index contributed by atoms with van der Waals surface area (Å²) in [4.78, 5) is 8.33. The molecular weight excluding hydrogens is 274 g/mol. The number of aliphatic hydroxyl groups excluding tert-OH is 3. The van der Waals surface area contributed by atoms with E-state index in [1.54, 1.807) is 17.7 Å². The molecule has 0 bridgehead atoms. The van der Waals surface area contributed by atoms with Gasteiger partial charge in [0.1, 0.15) is 30.3 Å². The summed E-state index contributed by atoms with van der Waals surface area (Å²) in [5.74, 6) is 0. The maximum Gasteiger partial charge on any atom is 0.164 e. The zero-order valence-electron chi connectivity index (χ0n) is 11.9. The van der Waals surface area contributed by atoms with Gasteiger partial charge in [-0.3, -0.25) is 0 Å². The molecule has 3 heterocycles. The second kappa shape index (κ2) is 5.34. The summed E-state index contributed by atoms with van der Waals surface area (Å²) in [6.45, 7) is 3.67. The number of nitrogens with zero attached hydrogens (tertiary/aromatic N) is 3. The van der Waals surface area contributed by atoms with Crippen molar-refractivity contribution < 1.29 is 20.1 Å². The molecule has 2 aromatic rings. The molecule has 3 N–H and O–H groups in total. The van der Waals surface area contributed by atoms with E-state index in [0.29, 0.717) is 12.1 Å². The zero-order chi connectivity index (χ0) is 15.1. The Morgan fingerprint density at radius 2 is 2.10 bits per heavy atom. The minimum absolute atomic E-state index is 0.439. The van der Waals surface area contributed by atoms with Gasteiger partial charge >= 0.3 is 0 Å². The summed E-state index contributed by atoms with van der Waals surface area (Å²) in [6, 6.07) is 1.84. The van der Waals surface area contributed by atoms with Gasteiger partial charge in [0.2, 0.25) is 0 Å². The van der Waals surface area contributed by atoms with E-state index in [0.717, 1.165) is 11.1 Å². The normalized spacial score (nSPS) is 30.9. The molecule has 5 unspecified atom stereocenters. The van der Waals surface area contributed by atoms with Crippen molar-refractivity contribution in [2.75, 3.05) is 0 Å². The minimum Gasteiger partial charge on any atom is -0.390 e. The fourth-order valence-electron chi connectivity index (χ4n) is 2.77. The van der Waals surface area contributed by atoms with Crippen molar-refractivity contribution in [2.45, 2.75) is 50.9 Å². The predicted molar refractivity (Wildman–Crippen MR) is 74.5 cm³/mol. The van der Waals surface area contributed by atoms with E-state index in [2.05, 4.69) is 9.97 Å². The van der Waals surface area contributed by atoms with E-state index in [1.807, 2.05) is 13.0 Å². The fraction of sp³-hybridized carbons (Fsp3) is 0.571. The molecule has 0 aromatic carbocycles. The first kappa shape index (κ1) is 14.4. The molecule has 21 heavy (non-hydrogen) atoms. The van der Waals surface area contributed by atoms with Crippen LogP contribution in [0.2, 0.25) is 0 Å². The second-order valence-corrected chi connectivity index (χ2v) is 5.37. The van der Waals surface area contributed by atoms with Crippen molar-refractivity contribution >= 4 is 11.0 Å². The van der Waals surface area contributed by atoms with Gasteiger partial charge in [0, 0.05) is 11.6 Å². The lowest BCUT2D eigenvalue weighted by Gasteiger charge is -2.19. The van der Waals surface area contributed by atoms with Crippen molar-refractivity contribution in [1.29, 1.82) is 0 Å². The molecule has 2 aromatic heterocycles. The predicted octanol–water partition coefficient (Wildman–Crippen LogP) is 0.130. The lowest BCUT2D eigenvalue weighted by molar-refractivity contribution is -0.0839. The number of fused-ring (bicyclic) bond motifs is 1. The van der Waals surface area contributed by atoms with Crippen LogP contribution in [0, 0.1) is 6.92 Å². The lowest BCUT2D eigenvalue weighted by Crippen LogP contribution is -2.38. The topological polar surface area (TPSA) is 101 Å². The van der Waals surface area contributed by atoms with Gasteiger partial charge in [-0.1, -0.05) is 6.92 Å². The van der Waals surface area contributed by atoms with Gasteiger partial charge in [0.05, 0.1) is 11.8 Å². The van der Waals surface area contributed by atoms with Gasteiger partial charge in [0.15, 0.2) is 6.23 Å². The quantitative estimate of drug-likeness (QED) is 0.743. The summed E-state index contributed by atoms with van der Waals surface area (Å²) in [5, 5.41) is 31.0. The molecule has 7 heteroatoms. The van der Waals surface area contributed by atoms with Crippen LogP contribution in [0.25, 0.3) is 11.0 Å². The molecule has 3 rings (SSSR count). The molecule has 1 aliphatic rings. The number of ether oxygens (including phenoxy) is 1. The largest absolute Gasteiger partial charge is 0.390 e. The van der Waals surface area contributed by atoms with Crippen molar-refractivity contribution in [2.24, 2.45) is 0 Å². The van der Waals surface area contributed by atoms with Gasteiger partial charge in [-0.2, -0.15) is 0 Å². The maximum absolute atomic E-state index is 10.2. The van der Waals surface area contributed by atoms with Crippen LogP contribution in [0.3, 0.4) is 0 Å². The summed E-state index contributed by atoms with van der Waals surface area (Å²) in [7, 11) is 0. The van der Waals surface area contributed by atoms with Crippen molar-refractivity contribution in [3.63, 3.8) is 0 Å². The molecule has 1 aliphatic heterocycles. The highest BCUT2D eigenvalue weighted by Gasteiger charge is 2.46. The first-order valence-corrected chi connectivity index (χ1v) is 7.02. The molecule has 0 radical (unpaired) electrons. The molecule has 114 valence electrons. The van der Waals surface area contributed by atoms with Crippen LogP contribution in [-0.2, 0) is 4.74 Å². The molecular formula is C14H19N3O4. The minimum atomic E-state index is -1.13. The monoisotopic (exact) mass is 293 g/mol. The number of aromatic nitrogens is 3. The zero-order valence-corrected chi connectivity index (χ0v) is 11.9. The van der Waals surface area contributed by atoms with Crippen molar-refractivity contribution in [3.05, 3.63) is 24.3 Å². The van der Waals surface area contributed by atoms with Crippen LogP contribution in [0.1, 0.15) is 25.3 Å². The Morgan fingerprint density at radius 1 is 1.33 bits per heavy atom. The highest BCUT2D eigenvalue weighted by molar-refractivity contribution is 5.78. The van der Waals surface area contributed by atoms with E-state index in [-0.39, 0.29) is 0 Å². The van der Waals surface area contributed by atoms with Gasteiger partial charge in [-0.25, -0.2) is 9.97 Å². The average molecular weight is 293 g/mol. The molecule has 0 amide bonds. The third-order valence-electron chi connectivity index (χ3n) is 4.06. The van der Waals surface area contributed by atoms with Crippen LogP contribution in [0.4, 0.5) is 0 Å². The fourth-order valence-corrected chi connectivity index (χ4v) is 2.77. The Bertz CT molecular complexity index is 644. The van der Waals surface area contributed by atoms with Crippen LogP contribution in [0.5, 0.6) is 0 Å². The summed E-state index contributed by atoms with van der Waals surface area (Å²) >= 11 is 0. The number of rotatable bonds is 3. The molecule has 0 spiro atoms. The van der Waals surface area contributed by atoms with Gasteiger partial charge in [-0.05, 0) is 19.4 Å².